The highest BCUT2D eigenvalue weighted by molar-refractivity contribution is 14.0. The summed E-state index contributed by atoms with van der Waals surface area (Å²) in [5, 5.41) is 3.50. The second-order valence-electron chi connectivity index (χ2n) is 7.41. The second kappa shape index (κ2) is 9.95. The molecule has 6 nitrogen and oxygen atoms in total. The number of nitrogens with one attached hydrogen (secondary N) is 1. The minimum atomic E-state index is -0.0483. The zero-order valence-corrected chi connectivity index (χ0v) is 19.1. The molecule has 0 spiro atoms. The van der Waals surface area contributed by atoms with Gasteiger partial charge in [0.15, 0.2) is 11.7 Å². The standard InChI is InChI=1S/C21H28N4O2.HI/c1-21(2,17-8-5-4-6-9-17)16-23-20(22-3)25-13-11-24(12-14-25)19(26)18-10-7-15-27-18;/h4-10,15H,11-14,16H2,1-3H3,(H,22,23);1H. The van der Waals surface area contributed by atoms with E-state index < -0.39 is 0 Å². The van der Waals surface area contributed by atoms with Crippen molar-refractivity contribution >= 4 is 35.8 Å². The number of hydrogen-bond donors (Lipinski definition) is 1. The summed E-state index contributed by atoms with van der Waals surface area (Å²) in [6, 6.07) is 13.9. The molecule has 0 atom stereocenters. The van der Waals surface area contributed by atoms with Crippen LogP contribution in [0.1, 0.15) is 30.0 Å². The Bertz CT molecular complexity index is 767. The van der Waals surface area contributed by atoms with E-state index in [-0.39, 0.29) is 35.3 Å². The number of furan rings is 1. The molecule has 0 unspecified atom stereocenters. The predicted octanol–water partition coefficient (Wildman–Crippen LogP) is 3.21. The Morgan fingerprint density at radius 2 is 1.71 bits per heavy atom. The lowest BCUT2D eigenvalue weighted by molar-refractivity contribution is 0.0657. The molecule has 0 saturated carbocycles. The Hall–Kier alpha value is -2.03. The molecular formula is C21H29IN4O2. The fraction of sp³-hybridized carbons (Fsp3) is 0.429. The minimum Gasteiger partial charge on any atom is -0.459 e. The first-order valence-corrected chi connectivity index (χ1v) is 9.35. The molecule has 0 radical (unpaired) electrons. The second-order valence-corrected chi connectivity index (χ2v) is 7.41. The van der Waals surface area contributed by atoms with Crippen LogP contribution in [0.3, 0.4) is 0 Å². The van der Waals surface area contributed by atoms with Gasteiger partial charge in [0, 0.05) is 45.2 Å². The van der Waals surface area contributed by atoms with Crippen LogP contribution in [0.2, 0.25) is 0 Å². The van der Waals surface area contributed by atoms with Gasteiger partial charge in [-0.25, -0.2) is 0 Å². The third kappa shape index (κ3) is 5.27. The summed E-state index contributed by atoms with van der Waals surface area (Å²) < 4.78 is 5.22. The minimum absolute atomic E-state index is 0. The third-order valence-corrected chi connectivity index (χ3v) is 5.05. The van der Waals surface area contributed by atoms with Crippen molar-refractivity contribution in [2.24, 2.45) is 4.99 Å². The molecule has 28 heavy (non-hydrogen) atoms. The third-order valence-electron chi connectivity index (χ3n) is 5.05. The monoisotopic (exact) mass is 496 g/mol. The number of aliphatic imine (C=N–C) groups is 1. The van der Waals surface area contributed by atoms with Gasteiger partial charge in [-0.1, -0.05) is 44.2 Å². The predicted molar refractivity (Wildman–Crippen MR) is 122 cm³/mol. The van der Waals surface area contributed by atoms with Gasteiger partial charge in [0.25, 0.3) is 5.91 Å². The highest BCUT2D eigenvalue weighted by atomic mass is 127. The van der Waals surface area contributed by atoms with Crippen LogP contribution in [0.25, 0.3) is 0 Å². The molecule has 2 aromatic rings. The van der Waals surface area contributed by atoms with E-state index in [1.54, 1.807) is 19.2 Å². The van der Waals surface area contributed by atoms with Crippen LogP contribution in [0.15, 0.2) is 58.1 Å². The normalized spacial score (nSPS) is 15.2. The summed E-state index contributed by atoms with van der Waals surface area (Å²) >= 11 is 0. The molecule has 1 aliphatic rings. The van der Waals surface area contributed by atoms with Gasteiger partial charge in [-0.3, -0.25) is 9.79 Å². The molecule has 7 heteroatoms. The molecule has 0 bridgehead atoms. The Labute approximate surface area is 184 Å². The van der Waals surface area contributed by atoms with E-state index in [4.69, 9.17) is 4.42 Å². The molecule has 2 heterocycles. The lowest BCUT2D eigenvalue weighted by Gasteiger charge is -2.37. The highest BCUT2D eigenvalue weighted by Crippen LogP contribution is 2.21. The van der Waals surface area contributed by atoms with Gasteiger partial charge >= 0.3 is 0 Å². The highest BCUT2D eigenvalue weighted by Gasteiger charge is 2.26. The van der Waals surface area contributed by atoms with E-state index in [0.717, 1.165) is 25.6 Å². The Morgan fingerprint density at radius 3 is 2.29 bits per heavy atom. The summed E-state index contributed by atoms with van der Waals surface area (Å²) in [5.74, 6) is 1.23. The van der Waals surface area contributed by atoms with Crippen LogP contribution in [0.5, 0.6) is 0 Å². The number of rotatable bonds is 4. The number of piperazine rings is 1. The van der Waals surface area contributed by atoms with Gasteiger partial charge in [0.2, 0.25) is 0 Å². The number of carbonyl (C=O) groups is 1. The van der Waals surface area contributed by atoms with Crippen LogP contribution in [0.4, 0.5) is 0 Å². The van der Waals surface area contributed by atoms with Gasteiger partial charge in [-0.2, -0.15) is 0 Å². The summed E-state index contributed by atoms with van der Waals surface area (Å²) in [4.78, 5) is 20.9. The Morgan fingerprint density at radius 1 is 1.07 bits per heavy atom. The molecular weight excluding hydrogens is 467 g/mol. The van der Waals surface area contributed by atoms with Crippen LogP contribution in [-0.2, 0) is 5.41 Å². The van der Waals surface area contributed by atoms with Crippen molar-refractivity contribution in [2.75, 3.05) is 39.8 Å². The lowest BCUT2D eigenvalue weighted by Crippen LogP contribution is -2.54. The first-order valence-electron chi connectivity index (χ1n) is 9.35. The molecule has 0 aliphatic carbocycles. The summed E-state index contributed by atoms with van der Waals surface area (Å²) in [6.45, 7) is 8.04. The van der Waals surface area contributed by atoms with E-state index in [0.29, 0.717) is 18.8 Å². The SMILES string of the molecule is CN=C(NCC(C)(C)c1ccccc1)N1CCN(C(=O)c2ccco2)CC1.I. The van der Waals surface area contributed by atoms with Gasteiger partial charge in [0.05, 0.1) is 6.26 Å². The van der Waals surface area contributed by atoms with Crippen molar-refractivity contribution in [1.29, 1.82) is 0 Å². The van der Waals surface area contributed by atoms with E-state index in [1.807, 2.05) is 11.0 Å². The van der Waals surface area contributed by atoms with Crippen molar-refractivity contribution in [1.82, 2.24) is 15.1 Å². The Kier molecular flexibility index (Phi) is 7.91. The zero-order chi connectivity index (χ0) is 19.3. The number of guanidine groups is 1. The van der Waals surface area contributed by atoms with Crippen molar-refractivity contribution in [3.63, 3.8) is 0 Å². The van der Waals surface area contributed by atoms with E-state index in [1.165, 1.54) is 11.8 Å². The fourth-order valence-corrected chi connectivity index (χ4v) is 3.30. The quantitative estimate of drug-likeness (QED) is 0.402. The molecule has 1 saturated heterocycles. The van der Waals surface area contributed by atoms with Gasteiger partial charge < -0.3 is 19.5 Å². The number of hydrogen-bond acceptors (Lipinski definition) is 3. The zero-order valence-electron chi connectivity index (χ0n) is 16.7. The van der Waals surface area contributed by atoms with Gasteiger partial charge in [-0.15, -0.1) is 24.0 Å². The van der Waals surface area contributed by atoms with Crippen LogP contribution in [0, 0.1) is 0 Å². The average Bonchev–Trinajstić information content (AvgIpc) is 3.24. The molecule has 1 aliphatic heterocycles. The summed E-state index contributed by atoms with van der Waals surface area (Å²) in [5.41, 5.74) is 1.29. The first-order chi connectivity index (χ1) is 13.0. The smallest absolute Gasteiger partial charge is 0.289 e. The van der Waals surface area contributed by atoms with Crippen LogP contribution >= 0.6 is 24.0 Å². The average molecular weight is 496 g/mol. The van der Waals surface area contributed by atoms with E-state index in [9.17, 15) is 4.79 Å². The molecule has 1 N–H and O–H groups in total. The molecule has 152 valence electrons. The number of benzene rings is 1. The van der Waals surface area contributed by atoms with Crippen LogP contribution < -0.4 is 5.32 Å². The molecule has 3 rings (SSSR count). The lowest BCUT2D eigenvalue weighted by atomic mass is 9.85. The first kappa shape index (κ1) is 22.3. The van der Waals surface area contributed by atoms with Gasteiger partial charge in [-0.05, 0) is 17.7 Å². The van der Waals surface area contributed by atoms with Crippen molar-refractivity contribution in [3.05, 3.63) is 60.1 Å². The largest absolute Gasteiger partial charge is 0.459 e. The number of amides is 1. The maximum atomic E-state index is 12.4. The summed E-state index contributed by atoms with van der Waals surface area (Å²) in [6.07, 6.45) is 1.53. The topological polar surface area (TPSA) is 61.1 Å². The number of carbonyl (C=O) groups excluding carboxylic acids is 1. The molecule has 1 aromatic heterocycles. The molecule has 1 aromatic carbocycles. The van der Waals surface area contributed by atoms with E-state index in [2.05, 4.69) is 53.3 Å². The van der Waals surface area contributed by atoms with Crippen LogP contribution in [-0.4, -0.2) is 61.4 Å². The Balaban J connectivity index is 0.00000280. The van der Waals surface area contributed by atoms with E-state index >= 15 is 0 Å². The van der Waals surface area contributed by atoms with Crippen molar-refractivity contribution in [3.8, 4) is 0 Å². The van der Waals surface area contributed by atoms with Crippen molar-refractivity contribution in [2.45, 2.75) is 19.3 Å². The maximum Gasteiger partial charge on any atom is 0.289 e. The molecule has 1 fully saturated rings. The maximum absolute atomic E-state index is 12.4. The summed E-state index contributed by atoms with van der Waals surface area (Å²) in [7, 11) is 1.80. The fourth-order valence-electron chi connectivity index (χ4n) is 3.30. The van der Waals surface area contributed by atoms with Crippen molar-refractivity contribution < 1.29 is 9.21 Å². The van der Waals surface area contributed by atoms with Gasteiger partial charge in [0.1, 0.15) is 0 Å². The number of halogens is 1. The number of nitrogens with zero attached hydrogens (tertiary/aromatic N) is 3. The molecule has 1 amide bonds.